The van der Waals surface area contributed by atoms with E-state index in [1.165, 1.54) is 12.0 Å². The number of hydrogen-bond donors (Lipinski definition) is 2. The molecule has 3 aliphatic rings. The highest BCUT2D eigenvalue weighted by atomic mass is 16.5. The van der Waals surface area contributed by atoms with Gasteiger partial charge in [-0.25, -0.2) is 0 Å². The fraction of sp³-hybridized carbons (Fsp3) is 0.429. The van der Waals surface area contributed by atoms with Crippen molar-refractivity contribution in [3.63, 3.8) is 0 Å². The Morgan fingerprint density at radius 3 is 3.00 bits per heavy atom. The predicted octanol–water partition coefficient (Wildman–Crippen LogP) is 1.96. The topological polar surface area (TPSA) is 47.3 Å². The van der Waals surface area contributed by atoms with Gasteiger partial charge in [-0.2, -0.15) is 0 Å². The van der Waals surface area contributed by atoms with Crippen LogP contribution in [0.25, 0.3) is 0 Å². The van der Waals surface area contributed by atoms with Crippen molar-refractivity contribution < 1.29 is 4.74 Å². The minimum Gasteiger partial charge on any atom is -0.494 e. The van der Waals surface area contributed by atoms with E-state index in [9.17, 15) is 0 Å². The van der Waals surface area contributed by atoms with Crippen LogP contribution in [0.15, 0.2) is 47.0 Å². The second-order valence-corrected chi connectivity index (χ2v) is 4.72. The SMILES string of the molecule is CCOC1=C2CC(C3=CC3)C=CC2NC(N)=C1. The molecule has 2 unspecified atom stereocenters. The number of dihydropyridines is 1. The molecule has 0 aromatic rings. The molecule has 0 bridgehead atoms. The van der Waals surface area contributed by atoms with Crippen molar-refractivity contribution in [3.05, 3.63) is 47.0 Å². The molecule has 0 radical (unpaired) electrons. The average molecular weight is 230 g/mol. The zero-order chi connectivity index (χ0) is 11.8. The van der Waals surface area contributed by atoms with Crippen LogP contribution in [-0.4, -0.2) is 12.6 Å². The molecule has 3 heteroatoms. The highest BCUT2D eigenvalue weighted by Crippen LogP contribution is 2.38. The first-order chi connectivity index (χ1) is 8.28. The normalized spacial score (nSPS) is 30.2. The third-order valence-electron chi connectivity index (χ3n) is 3.49. The van der Waals surface area contributed by atoms with Crippen molar-refractivity contribution in [2.75, 3.05) is 6.61 Å². The summed E-state index contributed by atoms with van der Waals surface area (Å²) in [6.45, 7) is 2.70. The Labute approximate surface area is 102 Å². The van der Waals surface area contributed by atoms with Crippen LogP contribution in [-0.2, 0) is 4.74 Å². The Morgan fingerprint density at radius 2 is 2.29 bits per heavy atom. The summed E-state index contributed by atoms with van der Waals surface area (Å²) in [5.74, 6) is 2.23. The van der Waals surface area contributed by atoms with Gasteiger partial charge in [-0.15, -0.1) is 0 Å². The van der Waals surface area contributed by atoms with Gasteiger partial charge in [0, 0.05) is 12.0 Å². The molecule has 3 rings (SSSR count). The van der Waals surface area contributed by atoms with Crippen LogP contribution in [0.4, 0.5) is 0 Å². The van der Waals surface area contributed by atoms with Gasteiger partial charge in [0.2, 0.25) is 0 Å². The third-order valence-corrected chi connectivity index (χ3v) is 3.49. The third kappa shape index (κ3) is 1.97. The van der Waals surface area contributed by atoms with Crippen LogP contribution in [0.3, 0.4) is 0 Å². The Balaban J connectivity index is 1.91. The van der Waals surface area contributed by atoms with E-state index in [1.807, 2.05) is 13.0 Å². The fourth-order valence-corrected chi connectivity index (χ4v) is 2.54. The summed E-state index contributed by atoms with van der Waals surface area (Å²) >= 11 is 0. The first kappa shape index (κ1) is 10.5. The van der Waals surface area contributed by atoms with Gasteiger partial charge in [0.05, 0.1) is 12.6 Å². The molecule has 0 saturated heterocycles. The Bertz CT molecular complexity index is 457. The van der Waals surface area contributed by atoms with Gasteiger partial charge in [0.1, 0.15) is 11.6 Å². The second-order valence-electron chi connectivity index (χ2n) is 4.72. The second kappa shape index (κ2) is 3.99. The quantitative estimate of drug-likeness (QED) is 0.729. The molecule has 0 amide bonds. The van der Waals surface area contributed by atoms with Crippen molar-refractivity contribution in [1.29, 1.82) is 0 Å². The van der Waals surface area contributed by atoms with Crippen LogP contribution >= 0.6 is 0 Å². The van der Waals surface area contributed by atoms with Crippen molar-refractivity contribution in [2.24, 2.45) is 11.7 Å². The average Bonchev–Trinajstić information content (AvgIpc) is 3.13. The van der Waals surface area contributed by atoms with E-state index in [2.05, 4.69) is 23.5 Å². The lowest BCUT2D eigenvalue weighted by molar-refractivity contribution is 0.232. The summed E-state index contributed by atoms with van der Waals surface area (Å²) in [5, 5.41) is 3.28. The highest BCUT2D eigenvalue weighted by Gasteiger charge is 2.30. The highest BCUT2D eigenvalue weighted by molar-refractivity contribution is 5.42. The molecule has 3 N–H and O–H groups in total. The van der Waals surface area contributed by atoms with Gasteiger partial charge < -0.3 is 15.8 Å². The van der Waals surface area contributed by atoms with Crippen LogP contribution in [0, 0.1) is 5.92 Å². The summed E-state index contributed by atoms with van der Waals surface area (Å²) in [7, 11) is 0. The van der Waals surface area contributed by atoms with Crippen molar-refractivity contribution in [1.82, 2.24) is 5.32 Å². The monoisotopic (exact) mass is 230 g/mol. The lowest BCUT2D eigenvalue weighted by atomic mass is 9.84. The molecular formula is C14H18N2O. The molecule has 90 valence electrons. The van der Waals surface area contributed by atoms with Crippen LogP contribution < -0.4 is 11.1 Å². The number of rotatable bonds is 3. The summed E-state index contributed by atoms with van der Waals surface area (Å²) in [6, 6.07) is 0.220. The van der Waals surface area contributed by atoms with E-state index >= 15 is 0 Å². The first-order valence-electron chi connectivity index (χ1n) is 6.24. The van der Waals surface area contributed by atoms with Gasteiger partial charge in [0.25, 0.3) is 0 Å². The molecule has 3 nitrogen and oxygen atoms in total. The number of allylic oxidation sites excluding steroid dienone is 4. The smallest absolute Gasteiger partial charge is 0.124 e. The molecule has 17 heavy (non-hydrogen) atoms. The van der Waals surface area contributed by atoms with E-state index in [1.54, 1.807) is 5.57 Å². The Hall–Kier alpha value is -1.64. The lowest BCUT2D eigenvalue weighted by Gasteiger charge is -2.31. The molecule has 0 spiro atoms. The standard InChI is InChI=1S/C14H18N2O/c1-2-17-13-8-14(15)16-12-6-5-10(7-11(12)13)9-3-4-9/h3,5-6,8,10,12,16H,2,4,7,15H2,1H3. The lowest BCUT2D eigenvalue weighted by Crippen LogP contribution is -2.38. The summed E-state index contributed by atoms with van der Waals surface area (Å²) in [6.07, 6.45) is 11.0. The van der Waals surface area contributed by atoms with Crippen molar-refractivity contribution >= 4 is 0 Å². The van der Waals surface area contributed by atoms with Crippen molar-refractivity contribution in [2.45, 2.75) is 25.8 Å². The van der Waals surface area contributed by atoms with E-state index < -0.39 is 0 Å². The number of ether oxygens (including phenoxy) is 1. The van der Waals surface area contributed by atoms with Gasteiger partial charge in [-0.1, -0.05) is 23.8 Å². The maximum atomic E-state index is 5.86. The molecule has 1 aliphatic heterocycles. The van der Waals surface area contributed by atoms with Crippen molar-refractivity contribution in [3.8, 4) is 0 Å². The van der Waals surface area contributed by atoms with Crippen LogP contribution in [0.2, 0.25) is 0 Å². The summed E-state index contributed by atoms with van der Waals surface area (Å²) in [4.78, 5) is 0. The Kier molecular flexibility index (Phi) is 2.46. The zero-order valence-corrected chi connectivity index (χ0v) is 10.1. The summed E-state index contributed by atoms with van der Waals surface area (Å²) in [5.41, 5.74) is 8.76. The number of nitrogens with one attached hydrogen (secondary N) is 1. The van der Waals surface area contributed by atoms with E-state index in [0.717, 1.165) is 12.2 Å². The molecule has 2 aliphatic carbocycles. The van der Waals surface area contributed by atoms with Gasteiger partial charge >= 0.3 is 0 Å². The fourth-order valence-electron chi connectivity index (χ4n) is 2.54. The zero-order valence-electron chi connectivity index (χ0n) is 10.1. The van der Waals surface area contributed by atoms with Gasteiger partial charge in [-0.3, -0.25) is 0 Å². The first-order valence-corrected chi connectivity index (χ1v) is 6.24. The number of hydrogen-bond acceptors (Lipinski definition) is 3. The minimum atomic E-state index is 0.220. The molecule has 2 atom stereocenters. The van der Waals surface area contributed by atoms with Crippen LogP contribution in [0.1, 0.15) is 19.8 Å². The van der Waals surface area contributed by atoms with Gasteiger partial charge in [0.15, 0.2) is 0 Å². The number of fused-ring (bicyclic) bond motifs is 1. The largest absolute Gasteiger partial charge is 0.494 e. The van der Waals surface area contributed by atoms with E-state index in [0.29, 0.717) is 18.3 Å². The molecule has 0 fully saturated rings. The van der Waals surface area contributed by atoms with E-state index in [-0.39, 0.29) is 6.04 Å². The van der Waals surface area contributed by atoms with Gasteiger partial charge in [-0.05, 0) is 25.3 Å². The Morgan fingerprint density at radius 1 is 1.47 bits per heavy atom. The molecule has 0 saturated carbocycles. The maximum absolute atomic E-state index is 5.86. The van der Waals surface area contributed by atoms with E-state index in [4.69, 9.17) is 10.5 Å². The van der Waals surface area contributed by atoms with Crippen LogP contribution in [0.5, 0.6) is 0 Å². The minimum absolute atomic E-state index is 0.220. The number of nitrogens with two attached hydrogens (primary N) is 1. The molecular weight excluding hydrogens is 212 g/mol. The molecule has 1 heterocycles. The summed E-state index contributed by atoms with van der Waals surface area (Å²) < 4.78 is 5.70. The maximum Gasteiger partial charge on any atom is 0.124 e. The molecule has 0 aromatic carbocycles. The molecule has 0 aromatic heterocycles. The predicted molar refractivity (Wildman–Crippen MR) is 67.8 cm³/mol.